The Hall–Kier alpha value is -0.800. The van der Waals surface area contributed by atoms with Crippen molar-refractivity contribution in [2.24, 2.45) is 9.98 Å². The van der Waals surface area contributed by atoms with Crippen LogP contribution in [-0.2, 0) is 4.74 Å². The highest BCUT2D eigenvalue weighted by atomic mass is 127. The topological polar surface area (TPSA) is 40.4 Å². The lowest BCUT2D eigenvalue weighted by Gasteiger charge is -2.28. The number of nitrogens with zero attached hydrogens (tertiary/aromatic N) is 4. The Bertz CT molecular complexity index is 570. The van der Waals surface area contributed by atoms with Crippen molar-refractivity contribution in [1.82, 2.24) is 9.80 Å². The predicted molar refractivity (Wildman–Crippen MR) is 109 cm³/mol. The van der Waals surface area contributed by atoms with E-state index in [4.69, 9.17) is 14.7 Å². The first-order valence-electron chi connectivity index (χ1n) is 7.63. The van der Waals surface area contributed by atoms with Crippen LogP contribution in [0.4, 0.5) is 5.69 Å². The van der Waals surface area contributed by atoms with E-state index < -0.39 is 0 Å². The summed E-state index contributed by atoms with van der Waals surface area (Å²) in [4.78, 5) is 14.0. The molecule has 1 aromatic carbocycles. The summed E-state index contributed by atoms with van der Waals surface area (Å²) in [6.07, 6.45) is 0. The van der Waals surface area contributed by atoms with E-state index in [1.54, 1.807) is 11.8 Å². The summed E-state index contributed by atoms with van der Waals surface area (Å²) in [5, 5.41) is 1.05. The molecule has 0 spiro atoms. The average Bonchev–Trinajstić information content (AvgIpc) is 2.95. The van der Waals surface area contributed by atoms with E-state index in [0.29, 0.717) is 0 Å². The summed E-state index contributed by atoms with van der Waals surface area (Å²) in [5.41, 5.74) is 2.19. The number of rotatable bonds is 1. The molecule has 7 heteroatoms. The van der Waals surface area contributed by atoms with Crippen LogP contribution in [0.2, 0.25) is 0 Å². The summed E-state index contributed by atoms with van der Waals surface area (Å²) in [5.74, 6) is 1.89. The SMILES string of the molecule is Cc1ccc(N=C(/N=C2\SCCN2C)N2CCOCC2)cc1.I. The fourth-order valence-electron chi connectivity index (χ4n) is 2.35. The van der Waals surface area contributed by atoms with Crippen molar-refractivity contribution in [1.29, 1.82) is 0 Å². The lowest BCUT2D eigenvalue weighted by atomic mass is 10.2. The van der Waals surface area contributed by atoms with Crippen molar-refractivity contribution in [3.05, 3.63) is 29.8 Å². The number of aliphatic imine (C=N–C) groups is 2. The first kappa shape index (κ1) is 18.5. The zero-order valence-corrected chi connectivity index (χ0v) is 16.7. The van der Waals surface area contributed by atoms with Gasteiger partial charge in [0.15, 0.2) is 5.17 Å². The Morgan fingerprint density at radius 1 is 1.13 bits per heavy atom. The van der Waals surface area contributed by atoms with Crippen LogP contribution in [0.5, 0.6) is 0 Å². The molecule has 126 valence electrons. The number of ether oxygens (including phenoxy) is 1. The summed E-state index contributed by atoms with van der Waals surface area (Å²) < 4.78 is 5.45. The van der Waals surface area contributed by atoms with Gasteiger partial charge in [0, 0.05) is 32.4 Å². The number of hydrogen-bond acceptors (Lipinski definition) is 3. The first-order chi connectivity index (χ1) is 10.7. The quantitative estimate of drug-likeness (QED) is 0.378. The number of halogens is 1. The predicted octanol–water partition coefficient (Wildman–Crippen LogP) is 2.97. The van der Waals surface area contributed by atoms with Crippen LogP contribution in [0.3, 0.4) is 0 Å². The van der Waals surface area contributed by atoms with Gasteiger partial charge in [-0.05, 0) is 19.1 Å². The molecule has 0 atom stereocenters. The molecule has 2 saturated heterocycles. The largest absolute Gasteiger partial charge is 0.378 e. The van der Waals surface area contributed by atoms with Gasteiger partial charge in [0.1, 0.15) is 0 Å². The fraction of sp³-hybridized carbons (Fsp3) is 0.500. The van der Waals surface area contributed by atoms with Gasteiger partial charge < -0.3 is 14.5 Å². The summed E-state index contributed by atoms with van der Waals surface area (Å²) in [7, 11) is 2.08. The van der Waals surface area contributed by atoms with Gasteiger partial charge in [-0.3, -0.25) is 0 Å². The molecule has 0 aromatic heterocycles. The maximum atomic E-state index is 5.45. The maximum Gasteiger partial charge on any atom is 0.228 e. The number of amidine groups is 1. The number of thioether (sulfide) groups is 1. The number of hydrogen-bond donors (Lipinski definition) is 0. The lowest BCUT2D eigenvalue weighted by molar-refractivity contribution is 0.0676. The lowest BCUT2D eigenvalue weighted by Crippen LogP contribution is -2.40. The number of benzene rings is 1. The summed E-state index contributed by atoms with van der Waals surface area (Å²) in [6.45, 7) is 6.29. The molecule has 0 amide bonds. The van der Waals surface area contributed by atoms with Crippen LogP contribution in [0.15, 0.2) is 34.3 Å². The normalized spacial score (nSPS) is 20.8. The van der Waals surface area contributed by atoms with Gasteiger partial charge in [-0.1, -0.05) is 29.5 Å². The second-order valence-electron chi connectivity index (χ2n) is 5.51. The summed E-state index contributed by atoms with van der Waals surface area (Å²) >= 11 is 1.79. The van der Waals surface area contributed by atoms with Gasteiger partial charge in [-0.2, -0.15) is 4.99 Å². The van der Waals surface area contributed by atoms with Crippen LogP contribution in [-0.4, -0.2) is 66.6 Å². The van der Waals surface area contributed by atoms with Gasteiger partial charge in [0.05, 0.1) is 18.9 Å². The standard InChI is InChI=1S/C16H22N4OS.HI/c1-13-3-5-14(6-4-13)17-15(20-7-10-21-11-8-20)18-16-19(2)9-12-22-16;/h3-6H,7-12H2,1-2H3;1H/b17-15?,18-16-;. The van der Waals surface area contributed by atoms with Crippen molar-refractivity contribution >= 4 is 52.6 Å². The van der Waals surface area contributed by atoms with Gasteiger partial charge in [0.25, 0.3) is 0 Å². The van der Waals surface area contributed by atoms with Gasteiger partial charge in [-0.25, -0.2) is 4.99 Å². The minimum atomic E-state index is 0. The second-order valence-corrected chi connectivity index (χ2v) is 6.57. The molecule has 1 aromatic rings. The molecular weight excluding hydrogens is 423 g/mol. The molecule has 0 N–H and O–H groups in total. The van der Waals surface area contributed by atoms with Crippen molar-refractivity contribution in [3.63, 3.8) is 0 Å². The molecule has 0 saturated carbocycles. The van der Waals surface area contributed by atoms with Crippen LogP contribution < -0.4 is 0 Å². The maximum absolute atomic E-state index is 5.45. The van der Waals surface area contributed by atoms with Crippen LogP contribution in [0.1, 0.15) is 5.56 Å². The molecule has 2 heterocycles. The van der Waals surface area contributed by atoms with E-state index >= 15 is 0 Å². The molecular formula is C16H23IN4OS. The fourth-order valence-corrected chi connectivity index (χ4v) is 3.35. The Kier molecular flexibility index (Phi) is 7.16. The second kappa shape index (κ2) is 8.89. The van der Waals surface area contributed by atoms with E-state index in [1.807, 2.05) is 12.1 Å². The molecule has 5 nitrogen and oxygen atoms in total. The van der Waals surface area contributed by atoms with Crippen LogP contribution in [0.25, 0.3) is 0 Å². The minimum Gasteiger partial charge on any atom is -0.378 e. The minimum absolute atomic E-state index is 0. The molecule has 2 aliphatic heterocycles. The monoisotopic (exact) mass is 446 g/mol. The molecule has 0 radical (unpaired) electrons. The Morgan fingerprint density at radius 2 is 1.83 bits per heavy atom. The zero-order chi connectivity index (χ0) is 15.4. The Balaban J connectivity index is 0.00000192. The molecule has 3 rings (SSSR count). The van der Waals surface area contributed by atoms with E-state index in [2.05, 4.69) is 35.9 Å². The first-order valence-corrected chi connectivity index (χ1v) is 8.61. The molecule has 2 fully saturated rings. The third-order valence-electron chi connectivity index (χ3n) is 3.74. The van der Waals surface area contributed by atoms with Gasteiger partial charge in [0.2, 0.25) is 5.96 Å². The van der Waals surface area contributed by atoms with Gasteiger partial charge >= 0.3 is 0 Å². The number of morpholine rings is 1. The molecule has 0 unspecified atom stereocenters. The molecule has 2 aliphatic rings. The van der Waals surface area contributed by atoms with Crippen LogP contribution >= 0.6 is 35.7 Å². The van der Waals surface area contributed by atoms with Crippen molar-refractivity contribution in [2.45, 2.75) is 6.92 Å². The highest BCUT2D eigenvalue weighted by Gasteiger charge is 2.20. The highest BCUT2D eigenvalue weighted by Crippen LogP contribution is 2.19. The van der Waals surface area contributed by atoms with Crippen LogP contribution in [0, 0.1) is 6.92 Å². The molecule has 0 bridgehead atoms. The van der Waals surface area contributed by atoms with E-state index in [9.17, 15) is 0 Å². The zero-order valence-electron chi connectivity index (χ0n) is 13.6. The number of guanidine groups is 1. The molecule has 23 heavy (non-hydrogen) atoms. The van der Waals surface area contributed by atoms with Crippen molar-refractivity contribution in [3.8, 4) is 0 Å². The Morgan fingerprint density at radius 3 is 2.43 bits per heavy atom. The van der Waals surface area contributed by atoms with Gasteiger partial charge in [-0.15, -0.1) is 24.0 Å². The van der Waals surface area contributed by atoms with Crippen molar-refractivity contribution < 1.29 is 4.74 Å². The number of aryl methyl sites for hydroxylation is 1. The van der Waals surface area contributed by atoms with E-state index in [1.165, 1.54) is 5.56 Å². The third kappa shape index (κ3) is 5.09. The van der Waals surface area contributed by atoms with E-state index in [-0.39, 0.29) is 24.0 Å². The molecule has 0 aliphatic carbocycles. The highest BCUT2D eigenvalue weighted by molar-refractivity contribution is 14.0. The average molecular weight is 446 g/mol. The third-order valence-corrected chi connectivity index (χ3v) is 4.78. The Labute approximate surface area is 159 Å². The summed E-state index contributed by atoms with van der Waals surface area (Å²) in [6, 6.07) is 8.25. The smallest absolute Gasteiger partial charge is 0.228 e. The van der Waals surface area contributed by atoms with E-state index in [0.717, 1.165) is 55.4 Å². The van der Waals surface area contributed by atoms with Crippen molar-refractivity contribution in [2.75, 3.05) is 45.6 Å².